The molecule has 26 nitrogen and oxygen atoms in total. The summed E-state index contributed by atoms with van der Waals surface area (Å²) >= 11 is 2.11. The molecule has 0 aliphatic carbocycles. The van der Waals surface area contributed by atoms with Crippen LogP contribution in [-0.4, -0.2) is 158 Å². The van der Waals surface area contributed by atoms with Crippen LogP contribution in [0.4, 0.5) is 26.3 Å². The topological polar surface area (TPSA) is 293 Å². The first-order chi connectivity index (χ1) is 47.8. The normalized spacial score (nSPS) is 16.8. The van der Waals surface area contributed by atoms with Crippen LogP contribution in [0.15, 0.2) is 102 Å². The summed E-state index contributed by atoms with van der Waals surface area (Å²) in [5.74, 6) is -11.3. The highest BCUT2D eigenvalue weighted by Crippen LogP contribution is 2.51. The largest absolute Gasteiger partial charge is 0.495 e. The van der Waals surface area contributed by atoms with Crippen LogP contribution >= 0.6 is 30.2 Å². The third kappa shape index (κ3) is 19.6. The molecule has 2 unspecified atom stereocenters. The number of amides is 4. The number of aromatic nitrogens is 4. The van der Waals surface area contributed by atoms with E-state index < -0.39 is 71.5 Å². The number of nitrogens with one attached hydrogen (secondary N) is 1. The van der Waals surface area contributed by atoms with Gasteiger partial charge in [-0.1, -0.05) is 59.9 Å². The van der Waals surface area contributed by atoms with Crippen molar-refractivity contribution in [3.63, 3.8) is 0 Å². The smallest absolute Gasteiger partial charge is 0.380 e. The van der Waals surface area contributed by atoms with Crippen LogP contribution in [0.5, 0.6) is 11.5 Å². The van der Waals surface area contributed by atoms with Crippen molar-refractivity contribution in [2.75, 3.05) is 70.9 Å². The predicted molar refractivity (Wildman–Crippen MR) is 369 cm³/mol. The van der Waals surface area contributed by atoms with E-state index in [2.05, 4.69) is 48.2 Å². The molecule has 0 bridgehead atoms. The minimum absolute atomic E-state index is 0. The molecule has 102 heavy (non-hydrogen) atoms. The molecule has 6 heterocycles. The first-order valence-electron chi connectivity index (χ1n) is 31.1. The fourth-order valence-corrected chi connectivity index (χ4v) is 12.4. The third-order valence-corrected chi connectivity index (χ3v) is 17.7. The van der Waals surface area contributed by atoms with E-state index in [9.17, 15) is 64.5 Å². The number of hydrogen-bond acceptors (Lipinski definition) is 22. The maximum atomic E-state index is 14.5. The molecule has 10 rings (SSSR count). The molecule has 2 atom stereocenters. The van der Waals surface area contributed by atoms with Gasteiger partial charge in [0.05, 0.1) is 76.1 Å². The van der Waals surface area contributed by atoms with E-state index in [4.69, 9.17) is 37.7 Å². The van der Waals surface area contributed by atoms with Gasteiger partial charge >= 0.3 is 31.0 Å². The average molecular weight is 1570 g/mol. The zero-order valence-corrected chi connectivity index (χ0v) is 58.6. The number of oxime groups is 2. The summed E-state index contributed by atoms with van der Waals surface area (Å²) in [7, 11) is -0.567. The Bertz CT molecular complexity index is 4050. The lowest BCUT2D eigenvalue weighted by molar-refractivity contribution is -0.189. The van der Waals surface area contributed by atoms with E-state index in [0.29, 0.717) is 70.6 Å². The summed E-state index contributed by atoms with van der Waals surface area (Å²) in [5, 5.41) is 10.1. The number of halogens is 7. The Kier molecular flexibility index (Phi) is 31.0. The summed E-state index contributed by atoms with van der Waals surface area (Å²) in [5.41, 5.74) is -0.720. The number of rotatable bonds is 26. The van der Waals surface area contributed by atoms with Crippen molar-refractivity contribution in [2.45, 2.75) is 106 Å². The van der Waals surface area contributed by atoms with Gasteiger partial charge < -0.3 is 56.6 Å². The van der Waals surface area contributed by atoms with Crippen molar-refractivity contribution in [3.8, 4) is 22.9 Å². The number of carbonyl (C=O) groups is 7. The van der Waals surface area contributed by atoms with Crippen molar-refractivity contribution in [1.29, 1.82) is 0 Å². The highest BCUT2D eigenvalue weighted by Gasteiger charge is 2.58. The molecule has 0 saturated carbocycles. The van der Waals surface area contributed by atoms with E-state index in [0.717, 1.165) is 33.9 Å². The summed E-state index contributed by atoms with van der Waals surface area (Å²) in [6.45, 7) is 10.2. The van der Waals surface area contributed by atoms with E-state index in [-0.39, 0.29) is 127 Å². The minimum atomic E-state index is -3.67. The number of amidine groups is 2. The molecule has 6 aromatic rings. The Hall–Kier alpha value is -9.47. The lowest BCUT2D eigenvalue weighted by atomic mass is 9.99. The molecule has 2 saturated heterocycles. The number of imide groups is 2. The molecule has 552 valence electrons. The number of hydrogen-bond donors (Lipinski definition) is 1. The van der Waals surface area contributed by atoms with Gasteiger partial charge in [0.15, 0.2) is 46.6 Å². The number of aldehydes is 1. The predicted octanol–water partition coefficient (Wildman–Crippen LogP) is 11.5. The fraction of sp³-hybridized carbons (Fsp3) is 0.397. The van der Waals surface area contributed by atoms with Gasteiger partial charge in [-0.3, -0.25) is 38.8 Å². The second-order valence-electron chi connectivity index (χ2n) is 21.7. The number of ether oxygens (including phenoxy) is 4. The van der Waals surface area contributed by atoms with Gasteiger partial charge in [0.25, 0.3) is 0 Å². The minimum Gasteiger partial charge on any atom is -0.495 e. The Morgan fingerprint density at radius 2 is 1.07 bits per heavy atom. The number of nitrogens with zero attached hydrogens (tertiary/aromatic N) is 9. The molecule has 0 radical (unpaired) electrons. The van der Waals surface area contributed by atoms with Crippen LogP contribution in [0.25, 0.3) is 17.5 Å². The van der Waals surface area contributed by atoms with Crippen LogP contribution in [0.1, 0.15) is 120 Å². The third-order valence-electron chi connectivity index (χ3n) is 15.0. The summed E-state index contributed by atoms with van der Waals surface area (Å²) in [6, 6.07) is 13.3. The summed E-state index contributed by atoms with van der Waals surface area (Å²) in [4.78, 5) is 105. The molecule has 4 aliphatic rings. The molecule has 0 spiro atoms. The lowest BCUT2D eigenvalue weighted by Gasteiger charge is -2.35. The highest BCUT2D eigenvalue weighted by atomic mass is 127. The molecule has 1 N–H and O–H groups in total. The molecule has 2 fully saturated rings. The molecular formula is C68H80F6IN10O16P. The first kappa shape index (κ1) is 83.2. The average Bonchev–Trinajstić information content (AvgIpc) is 1.57. The van der Waals surface area contributed by atoms with Gasteiger partial charge in [-0.2, -0.15) is 0 Å². The summed E-state index contributed by atoms with van der Waals surface area (Å²) in [6.07, 6.45) is 12.3. The molecule has 4 aromatic carbocycles. The molecular weight excluding hydrogens is 1480 g/mol. The zero-order chi connectivity index (χ0) is 73.1. The van der Waals surface area contributed by atoms with Gasteiger partial charge in [-0.05, 0) is 121 Å². The van der Waals surface area contributed by atoms with Crippen molar-refractivity contribution < 1.29 is 102 Å². The Morgan fingerprint density at radius 1 is 0.618 bits per heavy atom. The van der Waals surface area contributed by atoms with E-state index in [1.165, 1.54) is 29.9 Å². The van der Waals surface area contributed by atoms with E-state index in [1.807, 2.05) is 47.5 Å². The number of benzene rings is 4. The quantitative estimate of drug-likeness (QED) is 0.00771. The number of methoxy groups -OCH3 is 2. The highest BCUT2D eigenvalue weighted by molar-refractivity contribution is 14.1. The molecule has 34 heteroatoms. The molecule has 2 aromatic heterocycles. The van der Waals surface area contributed by atoms with Gasteiger partial charge in [0, 0.05) is 78.8 Å². The number of imidazole rings is 2. The SMILES string of the molecule is C.C.CCOC(=O)C1(c2cc(F)c(F)c(F)c2)ON=C(/C=C/c2ccc(-n3cnc(C)c3)c(OC)c2)N1CCCN1C(=O)CCC1=O.CCOC(=O)C1(c2cc(F)c(F)c(F)c2)ON=C(CP(=O)(OCC)OCC)N1CCCI.COc1cc(C=O)ccc1-n1cnc(C)c1.O=C1CCC(=O)N1. The van der Waals surface area contributed by atoms with Crippen LogP contribution in [0.2, 0.25) is 0 Å². The number of alkyl halides is 1. The maximum absolute atomic E-state index is 14.5. The monoisotopic (exact) mass is 1560 g/mol. The van der Waals surface area contributed by atoms with Gasteiger partial charge in [-0.25, -0.2) is 45.9 Å². The first-order valence-corrected chi connectivity index (χ1v) is 34.4. The van der Waals surface area contributed by atoms with Crippen molar-refractivity contribution in [1.82, 2.24) is 39.1 Å². The van der Waals surface area contributed by atoms with Crippen LogP contribution in [0.3, 0.4) is 0 Å². The van der Waals surface area contributed by atoms with Crippen LogP contribution in [0, 0.1) is 48.8 Å². The summed E-state index contributed by atoms with van der Waals surface area (Å²) < 4.78 is 134. The fourth-order valence-electron chi connectivity index (χ4n) is 10.4. The zero-order valence-electron chi connectivity index (χ0n) is 55.6. The van der Waals surface area contributed by atoms with Gasteiger partial charge in [-0.15, -0.1) is 0 Å². The van der Waals surface area contributed by atoms with Gasteiger partial charge in [0.2, 0.25) is 23.6 Å². The number of likely N-dealkylation sites (tertiary alicyclic amines) is 1. The van der Waals surface area contributed by atoms with Crippen LogP contribution in [-0.2, 0) is 73.0 Å². The van der Waals surface area contributed by atoms with E-state index in [1.54, 1.807) is 70.9 Å². The number of carbonyl (C=O) groups excluding carboxylic acids is 7. The number of esters is 2. The van der Waals surface area contributed by atoms with Gasteiger partial charge in [0.1, 0.15) is 23.9 Å². The van der Waals surface area contributed by atoms with Crippen molar-refractivity contribution in [2.24, 2.45) is 10.3 Å². The standard InChI is InChI=1S/C31H30F3N5O6.C19H25F3IN2O6P.C12H12N2O2.C4H5NO2.2CH4/c1-4-44-30(42)31(21-15-22(32)29(34)23(33)16-21)39(13-5-12-38-27(40)10-11-28(38)41)26(36-45-31)9-7-20-6-8-24(25(14-20)43-3)37-17-19(2)35-18-37;1-4-28-18(26)19(13-10-14(20)17(22)15(21)11-13)25(9-7-8-23)16(24-31-19)12-32(27,29-5-2)30-6-3;1-9-6-14(8-13-9)11-4-3-10(7-15)5-12(11)16-2;6-3-1-2-4(7)5-3;;/h6-9,14-18H,4-5,10-13H2,1-3H3;10-11H,4-9,12H2,1-3H3;3-8H,1-2H3;1-2H2,(H,5,6,7);2*1H4/b9-7+;;;;;. The molecule has 4 aliphatic heterocycles. The van der Waals surface area contributed by atoms with Crippen LogP contribution < -0.4 is 14.8 Å². The van der Waals surface area contributed by atoms with Crippen molar-refractivity contribution in [3.05, 3.63) is 160 Å². The molecule has 4 amide bonds. The Labute approximate surface area is 598 Å². The number of aryl methyl sites for hydroxylation is 2. The second kappa shape index (κ2) is 38.0. The second-order valence-corrected chi connectivity index (χ2v) is 24.9. The Balaban J connectivity index is 0.000000283. The van der Waals surface area contributed by atoms with E-state index >= 15 is 0 Å². The lowest BCUT2D eigenvalue weighted by Crippen LogP contribution is -2.54. The van der Waals surface area contributed by atoms with Crippen molar-refractivity contribution >= 4 is 89.8 Å². The Morgan fingerprint density at radius 3 is 1.48 bits per heavy atom. The maximum Gasteiger partial charge on any atom is 0.380 e.